The number of likely N-dealkylation sites (N-methyl/N-ethyl adjacent to an activating group) is 1. The number of aromatic nitrogens is 2. The van der Waals surface area contributed by atoms with Crippen LogP contribution in [0.5, 0.6) is 0 Å². The third kappa shape index (κ3) is 1.95. The number of aromatic amines is 1. The van der Waals surface area contributed by atoms with Crippen molar-refractivity contribution in [1.82, 2.24) is 14.9 Å². The molecule has 1 heterocycles. The Hall–Kier alpha value is -1.69. The Morgan fingerprint density at radius 1 is 1.59 bits per heavy atom. The number of carbonyl (C=O) groups excluding carboxylic acids is 1. The maximum atomic E-state index is 13.1. The second kappa shape index (κ2) is 4.29. The van der Waals surface area contributed by atoms with E-state index in [9.17, 15) is 9.18 Å². The predicted molar refractivity (Wildman–Crippen MR) is 65.9 cm³/mol. The lowest BCUT2D eigenvalue weighted by molar-refractivity contribution is -0.123. The minimum atomic E-state index is -0.438. The Balaban J connectivity index is 2.65. The molecule has 6 heteroatoms. The van der Waals surface area contributed by atoms with E-state index in [1.807, 2.05) is 0 Å². The predicted octanol–water partition coefficient (Wildman–Crippen LogP) is 2.14. The van der Waals surface area contributed by atoms with Gasteiger partial charge in [0, 0.05) is 7.05 Å². The highest BCUT2D eigenvalue weighted by Crippen LogP contribution is 2.20. The highest BCUT2D eigenvalue weighted by Gasteiger charge is 2.17. The van der Waals surface area contributed by atoms with Crippen LogP contribution >= 0.6 is 12.2 Å². The van der Waals surface area contributed by atoms with Gasteiger partial charge >= 0.3 is 0 Å². The zero-order valence-corrected chi connectivity index (χ0v) is 10.3. The van der Waals surface area contributed by atoms with Gasteiger partial charge < -0.3 is 14.9 Å². The number of hydrogen-bond acceptors (Lipinski definition) is 2. The molecule has 2 aromatic rings. The first kappa shape index (κ1) is 11.8. The fraction of sp³-hybridized carbons (Fsp3) is 0.273. The molecule has 0 aliphatic rings. The molecule has 0 bridgehead atoms. The first-order valence-corrected chi connectivity index (χ1v) is 5.56. The van der Waals surface area contributed by atoms with E-state index in [0.717, 1.165) is 0 Å². The van der Waals surface area contributed by atoms with Crippen molar-refractivity contribution in [3.05, 3.63) is 28.8 Å². The molecule has 1 amide bonds. The molecule has 1 atom stereocenters. The quantitative estimate of drug-likeness (QED) is 0.806. The highest BCUT2D eigenvalue weighted by atomic mass is 32.1. The van der Waals surface area contributed by atoms with Crippen molar-refractivity contribution in [2.45, 2.75) is 13.0 Å². The molecule has 90 valence electrons. The zero-order valence-electron chi connectivity index (χ0n) is 9.45. The topological polar surface area (TPSA) is 49.8 Å². The SMILES string of the molecule is CNC(=O)C(C)n1c(=S)[nH]c2cc(F)ccc21. The number of H-pyrrole nitrogens is 1. The van der Waals surface area contributed by atoms with E-state index in [2.05, 4.69) is 10.3 Å². The summed E-state index contributed by atoms with van der Waals surface area (Å²) in [7, 11) is 1.57. The second-order valence-electron chi connectivity index (χ2n) is 3.75. The lowest BCUT2D eigenvalue weighted by Crippen LogP contribution is -2.27. The standard InChI is InChI=1S/C11H12FN3OS/c1-6(10(16)13-2)15-9-4-3-7(12)5-8(9)14-11(15)17/h3-6H,1-2H3,(H,13,16)(H,14,17). The van der Waals surface area contributed by atoms with Crippen LogP contribution in [0.1, 0.15) is 13.0 Å². The number of hydrogen-bond donors (Lipinski definition) is 2. The number of imidazole rings is 1. The Kier molecular flexibility index (Phi) is 2.97. The molecular formula is C11H12FN3OS. The van der Waals surface area contributed by atoms with Crippen LogP contribution in [0.25, 0.3) is 11.0 Å². The van der Waals surface area contributed by atoms with Gasteiger partial charge in [-0.2, -0.15) is 0 Å². The third-order valence-electron chi connectivity index (χ3n) is 2.69. The van der Waals surface area contributed by atoms with Crippen LogP contribution in [0.3, 0.4) is 0 Å². The van der Waals surface area contributed by atoms with Gasteiger partial charge in [0.15, 0.2) is 4.77 Å². The maximum absolute atomic E-state index is 13.1. The molecule has 2 N–H and O–H groups in total. The molecule has 0 saturated heterocycles. The van der Waals surface area contributed by atoms with Crippen molar-refractivity contribution in [2.75, 3.05) is 7.05 Å². The van der Waals surface area contributed by atoms with E-state index in [1.54, 1.807) is 24.6 Å². The van der Waals surface area contributed by atoms with Crippen LogP contribution in [0.2, 0.25) is 0 Å². The van der Waals surface area contributed by atoms with E-state index in [4.69, 9.17) is 12.2 Å². The average molecular weight is 253 g/mol. The van der Waals surface area contributed by atoms with Crippen molar-refractivity contribution in [1.29, 1.82) is 0 Å². The smallest absolute Gasteiger partial charge is 0.242 e. The van der Waals surface area contributed by atoms with Crippen molar-refractivity contribution in [2.24, 2.45) is 0 Å². The zero-order chi connectivity index (χ0) is 12.6. The van der Waals surface area contributed by atoms with Crippen LogP contribution in [0, 0.1) is 10.6 Å². The lowest BCUT2D eigenvalue weighted by Gasteiger charge is -2.12. The van der Waals surface area contributed by atoms with Crippen molar-refractivity contribution < 1.29 is 9.18 Å². The van der Waals surface area contributed by atoms with Crippen LogP contribution in [-0.4, -0.2) is 22.5 Å². The number of nitrogens with one attached hydrogen (secondary N) is 2. The fourth-order valence-corrected chi connectivity index (χ4v) is 2.18. The Bertz CT molecular complexity index is 631. The molecule has 1 aromatic carbocycles. The summed E-state index contributed by atoms with van der Waals surface area (Å²) in [5.41, 5.74) is 1.30. The molecule has 0 aliphatic heterocycles. The van der Waals surface area contributed by atoms with E-state index in [-0.39, 0.29) is 11.7 Å². The van der Waals surface area contributed by atoms with Gasteiger partial charge in [-0.25, -0.2) is 4.39 Å². The molecule has 0 saturated carbocycles. The summed E-state index contributed by atoms with van der Waals surface area (Å²) < 4.78 is 15.1. The van der Waals surface area contributed by atoms with E-state index < -0.39 is 6.04 Å². The van der Waals surface area contributed by atoms with Crippen LogP contribution < -0.4 is 5.32 Å². The Morgan fingerprint density at radius 3 is 2.94 bits per heavy atom. The van der Waals surface area contributed by atoms with Gasteiger partial charge in [0.05, 0.1) is 11.0 Å². The summed E-state index contributed by atoms with van der Waals surface area (Å²) in [6, 6.07) is 3.87. The highest BCUT2D eigenvalue weighted by molar-refractivity contribution is 7.71. The molecule has 0 fully saturated rings. The number of carbonyl (C=O) groups is 1. The van der Waals surface area contributed by atoms with Gasteiger partial charge in [0.25, 0.3) is 0 Å². The summed E-state index contributed by atoms with van der Waals surface area (Å²) in [5, 5.41) is 2.56. The van der Waals surface area contributed by atoms with Crippen molar-refractivity contribution in [3.63, 3.8) is 0 Å². The monoisotopic (exact) mass is 253 g/mol. The maximum Gasteiger partial charge on any atom is 0.242 e. The van der Waals surface area contributed by atoms with E-state index >= 15 is 0 Å². The normalized spacial score (nSPS) is 12.6. The van der Waals surface area contributed by atoms with Gasteiger partial charge in [0.2, 0.25) is 5.91 Å². The minimum absolute atomic E-state index is 0.147. The fourth-order valence-electron chi connectivity index (χ4n) is 1.81. The van der Waals surface area contributed by atoms with Gasteiger partial charge in [-0.1, -0.05) is 0 Å². The average Bonchev–Trinajstić information content (AvgIpc) is 2.62. The summed E-state index contributed by atoms with van der Waals surface area (Å²) in [5.74, 6) is -0.486. The van der Waals surface area contributed by atoms with Crippen molar-refractivity contribution in [3.8, 4) is 0 Å². The minimum Gasteiger partial charge on any atom is -0.357 e. The molecular weight excluding hydrogens is 241 g/mol. The number of nitrogens with zero attached hydrogens (tertiary/aromatic N) is 1. The van der Waals surface area contributed by atoms with Crippen LogP contribution in [-0.2, 0) is 4.79 Å². The lowest BCUT2D eigenvalue weighted by atomic mass is 10.2. The van der Waals surface area contributed by atoms with Gasteiger partial charge in [0.1, 0.15) is 11.9 Å². The largest absolute Gasteiger partial charge is 0.357 e. The van der Waals surface area contributed by atoms with Gasteiger partial charge in [-0.05, 0) is 37.3 Å². The molecule has 1 aromatic heterocycles. The van der Waals surface area contributed by atoms with Crippen LogP contribution in [0.15, 0.2) is 18.2 Å². The first-order chi connectivity index (χ1) is 8.04. The third-order valence-corrected chi connectivity index (χ3v) is 2.99. The first-order valence-electron chi connectivity index (χ1n) is 5.16. The molecule has 0 spiro atoms. The molecule has 0 aliphatic carbocycles. The molecule has 17 heavy (non-hydrogen) atoms. The Morgan fingerprint density at radius 2 is 2.29 bits per heavy atom. The van der Waals surface area contributed by atoms with E-state index in [1.165, 1.54) is 12.1 Å². The number of amides is 1. The summed E-state index contributed by atoms with van der Waals surface area (Å²) >= 11 is 5.14. The van der Waals surface area contributed by atoms with Crippen molar-refractivity contribution >= 4 is 29.2 Å². The molecule has 2 rings (SSSR count). The summed E-state index contributed by atoms with van der Waals surface area (Å²) in [4.78, 5) is 14.5. The van der Waals surface area contributed by atoms with E-state index in [0.29, 0.717) is 15.8 Å². The number of fused-ring (bicyclic) bond motifs is 1. The number of rotatable bonds is 2. The molecule has 1 unspecified atom stereocenters. The number of halogens is 1. The molecule has 0 radical (unpaired) electrons. The second-order valence-corrected chi connectivity index (χ2v) is 4.14. The molecule has 4 nitrogen and oxygen atoms in total. The van der Waals surface area contributed by atoms with Crippen LogP contribution in [0.4, 0.5) is 4.39 Å². The summed E-state index contributed by atoms with van der Waals surface area (Å²) in [6.07, 6.45) is 0. The Labute approximate surface area is 102 Å². The summed E-state index contributed by atoms with van der Waals surface area (Å²) in [6.45, 7) is 1.74. The van der Waals surface area contributed by atoms with Gasteiger partial charge in [-0.3, -0.25) is 4.79 Å². The number of benzene rings is 1. The van der Waals surface area contributed by atoms with Gasteiger partial charge in [-0.15, -0.1) is 0 Å².